The summed E-state index contributed by atoms with van der Waals surface area (Å²) in [5, 5.41) is 2.38. The van der Waals surface area contributed by atoms with E-state index in [1.165, 1.54) is 13.0 Å². The van der Waals surface area contributed by atoms with Crippen LogP contribution in [0.25, 0.3) is 0 Å². The molecule has 0 saturated carbocycles. The maximum Gasteiger partial charge on any atom is 0.253 e. The summed E-state index contributed by atoms with van der Waals surface area (Å²) in [6.45, 7) is 1.46. The average Bonchev–Trinajstić information content (AvgIpc) is 2.66. The minimum atomic E-state index is -0.688. The van der Waals surface area contributed by atoms with Crippen LogP contribution in [0.4, 0.5) is 11.5 Å². The van der Waals surface area contributed by atoms with Crippen LogP contribution < -0.4 is 16.6 Å². The van der Waals surface area contributed by atoms with Gasteiger partial charge in [0.1, 0.15) is 11.1 Å². The maximum atomic E-state index is 13.0. The Bertz CT molecular complexity index is 1070. The van der Waals surface area contributed by atoms with Gasteiger partial charge in [-0.1, -0.05) is 54.2 Å². The quantitative estimate of drug-likeness (QED) is 0.336. The second-order valence-corrected chi connectivity index (χ2v) is 7.10. The number of amides is 1. The van der Waals surface area contributed by atoms with E-state index in [0.29, 0.717) is 11.3 Å². The number of H-pyrrole nitrogens is 1. The molecule has 4 N–H and O–H groups in total. The first-order valence-electron chi connectivity index (χ1n) is 8.42. The van der Waals surface area contributed by atoms with Gasteiger partial charge in [0.25, 0.3) is 5.56 Å². The van der Waals surface area contributed by atoms with E-state index in [4.69, 9.17) is 5.73 Å². The predicted molar refractivity (Wildman–Crippen MR) is 109 cm³/mol. The smallest absolute Gasteiger partial charge is 0.253 e. The molecule has 0 fully saturated rings. The lowest BCUT2D eigenvalue weighted by molar-refractivity contribution is -0.115. The number of carbonyl (C=O) groups is 2. The number of nitrogens with one attached hydrogen (secondary N) is 2. The number of carbonyl (C=O) groups excluding carboxylic acids is 2. The van der Waals surface area contributed by atoms with Crippen molar-refractivity contribution < 1.29 is 9.59 Å². The number of Topliss-reactive ketones (excluding diaryl/α,β-unsaturated/α-hetero) is 1. The first-order valence-corrected chi connectivity index (χ1v) is 9.30. The van der Waals surface area contributed by atoms with Crippen LogP contribution in [0, 0.1) is 0 Å². The molecule has 0 aliphatic rings. The molecule has 142 valence electrons. The minimum Gasteiger partial charge on any atom is -0.383 e. The fraction of sp³-hybridized carbons (Fsp3) is 0.100. The Hall–Kier alpha value is -3.39. The number of benzene rings is 2. The summed E-state index contributed by atoms with van der Waals surface area (Å²) < 4.78 is 0. The van der Waals surface area contributed by atoms with E-state index in [2.05, 4.69) is 15.3 Å². The highest BCUT2D eigenvalue weighted by molar-refractivity contribution is 8.00. The van der Waals surface area contributed by atoms with Gasteiger partial charge in [-0.25, -0.2) is 4.98 Å². The Labute approximate surface area is 165 Å². The molecule has 0 spiro atoms. The van der Waals surface area contributed by atoms with Gasteiger partial charge in [0, 0.05) is 17.3 Å². The van der Waals surface area contributed by atoms with Gasteiger partial charge >= 0.3 is 0 Å². The number of hydrogen-bond donors (Lipinski definition) is 3. The van der Waals surface area contributed by atoms with Crippen molar-refractivity contribution >= 4 is 35.0 Å². The summed E-state index contributed by atoms with van der Waals surface area (Å²) in [6.07, 6.45) is 0. The van der Waals surface area contributed by atoms with Gasteiger partial charge in [0.15, 0.2) is 10.9 Å². The van der Waals surface area contributed by atoms with Gasteiger partial charge in [-0.2, -0.15) is 0 Å². The fourth-order valence-electron chi connectivity index (χ4n) is 2.55. The standard InChI is InChI=1S/C20H18N4O3S/c1-12(25)14-8-5-9-15(10-14)22-19(27)18(13-6-3-2-4-7-13)28-20-23-16(21)11-17(26)24-20/h2-11,18H,1H3,(H,22,27)(H3,21,23,24,26)/t18-/m0/s1. The van der Waals surface area contributed by atoms with Gasteiger partial charge in [-0.05, 0) is 24.6 Å². The molecular weight excluding hydrogens is 376 g/mol. The van der Waals surface area contributed by atoms with Crippen molar-refractivity contribution in [1.82, 2.24) is 9.97 Å². The number of aromatic amines is 1. The Morgan fingerprint density at radius 2 is 1.86 bits per heavy atom. The van der Waals surface area contributed by atoms with Crippen LogP contribution in [0.1, 0.15) is 28.1 Å². The number of aromatic nitrogens is 2. The van der Waals surface area contributed by atoms with E-state index in [1.807, 2.05) is 30.3 Å². The van der Waals surface area contributed by atoms with E-state index in [1.54, 1.807) is 24.3 Å². The van der Waals surface area contributed by atoms with Crippen molar-refractivity contribution in [3.8, 4) is 0 Å². The molecule has 0 unspecified atom stereocenters. The topological polar surface area (TPSA) is 118 Å². The van der Waals surface area contributed by atoms with E-state index < -0.39 is 10.8 Å². The molecule has 3 rings (SSSR count). The number of nitrogens with two attached hydrogens (primary N) is 1. The van der Waals surface area contributed by atoms with Crippen molar-refractivity contribution in [1.29, 1.82) is 0 Å². The largest absolute Gasteiger partial charge is 0.383 e. The van der Waals surface area contributed by atoms with E-state index in [-0.39, 0.29) is 22.7 Å². The van der Waals surface area contributed by atoms with Crippen molar-refractivity contribution in [2.45, 2.75) is 17.3 Å². The maximum absolute atomic E-state index is 13.0. The summed E-state index contributed by atoms with van der Waals surface area (Å²) in [6, 6.07) is 17.0. The van der Waals surface area contributed by atoms with Crippen LogP contribution in [0.3, 0.4) is 0 Å². The highest BCUT2D eigenvalue weighted by Gasteiger charge is 2.23. The number of hydrogen-bond acceptors (Lipinski definition) is 6. The molecule has 8 heteroatoms. The molecule has 0 bridgehead atoms. The highest BCUT2D eigenvalue weighted by atomic mass is 32.2. The second-order valence-electron chi connectivity index (χ2n) is 6.01. The zero-order valence-corrected chi connectivity index (χ0v) is 15.8. The monoisotopic (exact) mass is 394 g/mol. The minimum absolute atomic E-state index is 0.0765. The number of nitrogens with zero attached hydrogens (tertiary/aromatic N) is 1. The number of anilines is 2. The third-order valence-electron chi connectivity index (χ3n) is 3.85. The third kappa shape index (κ3) is 4.86. The first kappa shape index (κ1) is 19.4. The summed E-state index contributed by atoms with van der Waals surface area (Å²) in [5.74, 6) is -0.332. The lowest BCUT2D eigenvalue weighted by Crippen LogP contribution is -2.20. The molecule has 0 radical (unpaired) electrons. The summed E-state index contributed by atoms with van der Waals surface area (Å²) in [5.41, 5.74) is 6.99. The molecule has 1 heterocycles. The molecular formula is C20H18N4O3S. The Morgan fingerprint density at radius 1 is 1.11 bits per heavy atom. The Balaban J connectivity index is 1.90. The van der Waals surface area contributed by atoms with Crippen LogP contribution in [0.5, 0.6) is 0 Å². The van der Waals surface area contributed by atoms with Crippen LogP contribution >= 0.6 is 11.8 Å². The van der Waals surface area contributed by atoms with E-state index in [0.717, 1.165) is 17.3 Å². The number of thioether (sulfide) groups is 1. The molecule has 1 aromatic heterocycles. The van der Waals surface area contributed by atoms with Crippen molar-refractivity contribution in [3.63, 3.8) is 0 Å². The van der Waals surface area contributed by atoms with Gasteiger partial charge in [-0.3, -0.25) is 14.4 Å². The molecule has 2 aromatic carbocycles. The lowest BCUT2D eigenvalue weighted by Gasteiger charge is -2.17. The summed E-state index contributed by atoms with van der Waals surface area (Å²) >= 11 is 1.08. The Kier molecular flexibility index (Phi) is 5.90. The first-order chi connectivity index (χ1) is 13.4. The molecule has 28 heavy (non-hydrogen) atoms. The predicted octanol–water partition coefficient (Wildman–Crippen LogP) is 3.03. The normalized spacial score (nSPS) is 11.6. The molecule has 0 saturated heterocycles. The molecule has 0 aliphatic carbocycles. The van der Waals surface area contributed by atoms with Crippen LogP contribution in [0.15, 0.2) is 70.6 Å². The zero-order valence-electron chi connectivity index (χ0n) is 15.0. The highest BCUT2D eigenvalue weighted by Crippen LogP contribution is 2.34. The third-order valence-corrected chi connectivity index (χ3v) is 4.98. The van der Waals surface area contributed by atoms with Gasteiger partial charge in [0.05, 0.1) is 0 Å². The summed E-state index contributed by atoms with van der Waals surface area (Å²) in [7, 11) is 0. The van der Waals surface area contributed by atoms with E-state index in [9.17, 15) is 14.4 Å². The number of nitrogen functional groups attached to an aromatic ring is 1. The number of rotatable bonds is 6. The van der Waals surface area contributed by atoms with Crippen LogP contribution in [-0.2, 0) is 4.79 Å². The van der Waals surface area contributed by atoms with Crippen molar-refractivity contribution in [2.75, 3.05) is 11.1 Å². The van der Waals surface area contributed by atoms with Gasteiger partial charge in [-0.15, -0.1) is 0 Å². The molecule has 1 amide bonds. The lowest BCUT2D eigenvalue weighted by atomic mass is 10.1. The number of ketones is 1. The second kappa shape index (κ2) is 8.53. The van der Waals surface area contributed by atoms with Crippen molar-refractivity contribution in [2.24, 2.45) is 0 Å². The average molecular weight is 394 g/mol. The molecule has 7 nitrogen and oxygen atoms in total. The van der Waals surface area contributed by atoms with Crippen LogP contribution in [0.2, 0.25) is 0 Å². The zero-order chi connectivity index (χ0) is 20.1. The molecule has 3 aromatic rings. The SMILES string of the molecule is CC(=O)c1cccc(NC(=O)[C@@H](Sc2nc(N)cc(=O)[nH]2)c2ccccc2)c1. The molecule has 1 atom stereocenters. The summed E-state index contributed by atoms with van der Waals surface area (Å²) in [4.78, 5) is 42.9. The molecule has 0 aliphatic heterocycles. The Morgan fingerprint density at radius 3 is 2.54 bits per heavy atom. The van der Waals surface area contributed by atoms with Gasteiger partial charge in [0.2, 0.25) is 5.91 Å². The van der Waals surface area contributed by atoms with Crippen molar-refractivity contribution in [3.05, 3.63) is 82.1 Å². The van der Waals surface area contributed by atoms with Gasteiger partial charge < -0.3 is 16.0 Å². The fourth-order valence-corrected chi connectivity index (χ4v) is 3.55. The van der Waals surface area contributed by atoms with Crippen LogP contribution in [-0.4, -0.2) is 21.7 Å². The van der Waals surface area contributed by atoms with E-state index >= 15 is 0 Å².